The van der Waals surface area contributed by atoms with Crippen LogP contribution in [0.5, 0.6) is 17.2 Å². The predicted molar refractivity (Wildman–Crippen MR) is 152 cm³/mol. The molecular formula is C30H29N3O5S. The Morgan fingerprint density at radius 1 is 0.769 bits per heavy atom. The maximum Gasteiger partial charge on any atom is 0.328 e. The van der Waals surface area contributed by atoms with Crippen LogP contribution in [0.25, 0.3) is 11.0 Å². The molecule has 8 nitrogen and oxygen atoms in total. The molecule has 1 aromatic heterocycles. The number of hydrogen-bond donors (Lipinski definition) is 1. The number of aryl methyl sites for hydroxylation is 3. The number of nitrogens with one attached hydrogen (secondary N) is 1. The molecule has 0 unspecified atom stereocenters. The molecule has 4 aromatic carbocycles. The third kappa shape index (κ3) is 5.53. The fourth-order valence-electron chi connectivity index (χ4n) is 4.32. The highest BCUT2D eigenvalue weighted by Crippen LogP contribution is 2.36. The Balaban J connectivity index is 1.51. The van der Waals surface area contributed by atoms with E-state index in [9.17, 15) is 13.2 Å². The van der Waals surface area contributed by atoms with Gasteiger partial charge in [0.15, 0.2) is 5.75 Å². The van der Waals surface area contributed by atoms with E-state index < -0.39 is 10.0 Å². The van der Waals surface area contributed by atoms with E-state index in [-0.39, 0.29) is 22.0 Å². The summed E-state index contributed by atoms with van der Waals surface area (Å²) in [6, 6.07) is 27.0. The fraction of sp³-hybridized carbons (Fsp3) is 0.167. The minimum atomic E-state index is -3.94. The molecule has 1 N–H and O–H groups in total. The molecule has 0 saturated carbocycles. The van der Waals surface area contributed by atoms with E-state index in [1.165, 1.54) is 9.13 Å². The van der Waals surface area contributed by atoms with E-state index in [1.54, 1.807) is 62.6 Å². The van der Waals surface area contributed by atoms with E-state index in [2.05, 4.69) is 4.72 Å². The average molecular weight is 544 g/mol. The molecule has 0 spiro atoms. The van der Waals surface area contributed by atoms with Crippen LogP contribution < -0.4 is 19.9 Å². The Labute approximate surface area is 227 Å². The van der Waals surface area contributed by atoms with Crippen molar-refractivity contribution in [3.63, 3.8) is 0 Å². The second kappa shape index (κ2) is 10.7. The lowest BCUT2D eigenvalue weighted by molar-refractivity contribution is 0.304. The van der Waals surface area contributed by atoms with Gasteiger partial charge < -0.3 is 9.47 Å². The Kier molecular flexibility index (Phi) is 7.17. The Morgan fingerprint density at radius 3 is 2.18 bits per heavy atom. The largest absolute Gasteiger partial charge is 0.489 e. The normalized spacial score (nSPS) is 11.5. The lowest BCUT2D eigenvalue weighted by Gasteiger charge is -2.15. The fourth-order valence-corrected chi connectivity index (χ4v) is 5.45. The quantitative estimate of drug-likeness (QED) is 0.261. The molecule has 0 aliphatic carbocycles. The molecule has 1 heterocycles. The highest BCUT2D eigenvalue weighted by molar-refractivity contribution is 7.92. The topological polar surface area (TPSA) is 91.6 Å². The summed E-state index contributed by atoms with van der Waals surface area (Å²) in [6.07, 6.45) is 0.707. The minimum Gasteiger partial charge on any atom is -0.489 e. The minimum absolute atomic E-state index is 0.145. The number of imidazole rings is 1. The van der Waals surface area contributed by atoms with Crippen LogP contribution in [0.2, 0.25) is 0 Å². The first-order valence-corrected chi connectivity index (χ1v) is 14.0. The third-order valence-corrected chi connectivity index (χ3v) is 7.88. The molecule has 0 aliphatic heterocycles. The zero-order chi connectivity index (χ0) is 27.6. The summed E-state index contributed by atoms with van der Waals surface area (Å²) in [5.74, 6) is 1.30. The highest BCUT2D eigenvalue weighted by atomic mass is 32.2. The van der Waals surface area contributed by atoms with Crippen LogP contribution in [0.15, 0.2) is 101 Å². The van der Waals surface area contributed by atoms with Gasteiger partial charge >= 0.3 is 5.69 Å². The van der Waals surface area contributed by atoms with Crippen molar-refractivity contribution in [3.8, 4) is 17.2 Å². The molecule has 0 saturated heterocycles. The maximum atomic E-state index is 13.4. The number of aromatic nitrogens is 2. The van der Waals surface area contributed by atoms with Crippen molar-refractivity contribution >= 4 is 26.7 Å². The van der Waals surface area contributed by atoms with Crippen molar-refractivity contribution < 1.29 is 17.9 Å². The monoisotopic (exact) mass is 543 g/mol. The Bertz CT molecular complexity index is 1810. The average Bonchev–Trinajstić information content (AvgIpc) is 3.15. The van der Waals surface area contributed by atoms with Gasteiger partial charge in [-0.1, -0.05) is 55.5 Å². The second-order valence-corrected chi connectivity index (χ2v) is 10.9. The van der Waals surface area contributed by atoms with Gasteiger partial charge in [0.2, 0.25) is 0 Å². The van der Waals surface area contributed by atoms with Crippen LogP contribution in [0.3, 0.4) is 0 Å². The van der Waals surface area contributed by atoms with Gasteiger partial charge in [-0.3, -0.25) is 13.9 Å². The number of hydrogen-bond acceptors (Lipinski definition) is 5. The first-order chi connectivity index (χ1) is 18.7. The Morgan fingerprint density at radius 2 is 1.44 bits per heavy atom. The van der Waals surface area contributed by atoms with Crippen LogP contribution in [0.4, 0.5) is 5.69 Å². The first-order valence-electron chi connectivity index (χ1n) is 12.5. The van der Waals surface area contributed by atoms with Crippen LogP contribution in [0, 0.1) is 0 Å². The molecular weight excluding hydrogens is 514 g/mol. The third-order valence-electron chi connectivity index (χ3n) is 6.52. The van der Waals surface area contributed by atoms with E-state index in [1.807, 2.05) is 49.4 Å². The lowest BCUT2D eigenvalue weighted by Crippen LogP contribution is -2.19. The number of ether oxygens (including phenoxy) is 2. The van der Waals surface area contributed by atoms with Gasteiger partial charge in [0, 0.05) is 26.2 Å². The standard InChI is InChI=1S/C30H29N3O5S/c1-4-21-12-8-15-25(16-21)39(35,36)31-26-18-27-28(33(3)30(34)32(27)2)19-29(26)38-24-14-9-13-23(17-24)37-20-22-10-6-5-7-11-22/h5-19,31H,4,20H2,1-3H3. The molecule has 0 bridgehead atoms. The SMILES string of the molecule is CCc1cccc(S(=O)(=O)Nc2cc3c(cc2Oc2cccc(OCc4ccccc4)c2)n(C)c(=O)n3C)c1. The summed E-state index contributed by atoms with van der Waals surface area (Å²) in [6.45, 7) is 2.36. The van der Waals surface area contributed by atoms with Crippen molar-refractivity contribution in [2.75, 3.05) is 4.72 Å². The van der Waals surface area contributed by atoms with E-state index in [0.717, 1.165) is 11.1 Å². The van der Waals surface area contributed by atoms with Gasteiger partial charge in [-0.15, -0.1) is 0 Å². The second-order valence-electron chi connectivity index (χ2n) is 9.20. The number of rotatable bonds is 9. The van der Waals surface area contributed by atoms with Crippen molar-refractivity contribution in [1.82, 2.24) is 9.13 Å². The van der Waals surface area contributed by atoms with Gasteiger partial charge in [0.25, 0.3) is 10.0 Å². The summed E-state index contributed by atoms with van der Waals surface area (Å²) < 4.78 is 44.5. The molecule has 0 radical (unpaired) electrons. The van der Waals surface area contributed by atoms with Crippen molar-refractivity contribution in [2.45, 2.75) is 24.8 Å². The zero-order valence-corrected chi connectivity index (χ0v) is 22.7. The molecule has 0 aliphatic rings. The van der Waals surface area contributed by atoms with Crippen molar-refractivity contribution in [1.29, 1.82) is 0 Å². The molecule has 5 aromatic rings. The summed E-state index contributed by atoms with van der Waals surface area (Å²) >= 11 is 0. The van der Waals surface area contributed by atoms with Gasteiger partial charge in [-0.05, 0) is 47.9 Å². The van der Waals surface area contributed by atoms with Crippen LogP contribution in [0.1, 0.15) is 18.1 Å². The number of sulfonamides is 1. The zero-order valence-electron chi connectivity index (χ0n) is 21.9. The van der Waals surface area contributed by atoms with Crippen molar-refractivity contribution in [3.05, 3.63) is 113 Å². The van der Waals surface area contributed by atoms with Gasteiger partial charge in [0.1, 0.15) is 18.1 Å². The number of fused-ring (bicyclic) bond motifs is 1. The van der Waals surface area contributed by atoms with Gasteiger partial charge in [-0.2, -0.15) is 0 Å². The van der Waals surface area contributed by atoms with Crippen LogP contribution in [-0.2, 0) is 37.1 Å². The molecule has 0 fully saturated rings. The van der Waals surface area contributed by atoms with Crippen LogP contribution >= 0.6 is 0 Å². The van der Waals surface area contributed by atoms with Gasteiger partial charge in [-0.25, -0.2) is 13.2 Å². The molecule has 0 amide bonds. The maximum absolute atomic E-state index is 13.4. The summed E-state index contributed by atoms with van der Waals surface area (Å²) in [7, 11) is -0.642. The molecule has 9 heteroatoms. The smallest absolute Gasteiger partial charge is 0.328 e. The first kappa shape index (κ1) is 26.1. The highest BCUT2D eigenvalue weighted by Gasteiger charge is 2.20. The number of anilines is 1. The number of benzene rings is 4. The number of nitrogens with zero attached hydrogens (tertiary/aromatic N) is 2. The molecule has 0 atom stereocenters. The van der Waals surface area contributed by atoms with Crippen molar-refractivity contribution in [2.24, 2.45) is 14.1 Å². The summed E-state index contributed by atoms with van der Waals surface area (Å²) in [4.78, 5) is 12.8. The Hall–Kier alpha value is -4.50. The molecule has 5 rings (SSSR count). The lowest BCUT2D eigenvalue weighted by atomic mass is 10.2. The van der Waals surface area contributed by atoms with E-state index in [4.69, 9.17) is 9.47 Å². The van der Waals surface area contributed by atoms with E-state index in [0.29, 0.717) is 35.6 Å². The summed E-state index contributed by atoms with van der Waals surface area (Å²) in [5.41, 5.74) is 3.08. The summed E-state index contributed by atoms with van der Waals surface area (Å²) in [5, 5.41) is 0. The predicted octanol–water partition coefficient (Wildman–Crippen LogP) is 5.61. The molecule has 39 heavy (non-hydrogen) atoms. The van der Waals surface area contributed by atoms with Gasteiger partial charge in [0.05, 0.1) is 21.6 Å². The molecule has 200 valence electrons. The van der Waals surface area contributed by atoms with Crippen LogP contribution in [-0.4, -0.2) is 17.6 Å². The van der Waals surface area contributed by atoms with E-state index >= 15 is 0 Å².